The fourth-order valence-corrected chi connectivity index (χ4v) is 6.50. The first-order chi connectivity index (χ1) is 10.8. The Hall–Kier alpha value is -0.510. The number of nitrogens with zero attached hydrogens (tertiary/aromatic N) is 1. The van der Waals surface area contributed by atoms with Gasteiger partial charge in [0.15, 0.2) is 0 Å². The maximum Gasteiger partial charge on any atom is 0.0655 e. The van der Waals surface area contributed by atoms with Gasteiger partial charge in [0.25, 0.3) is 0 Å². The topological polar surface area (TPSA) is 23.8 Å². The minimum atomic E-state index is 0.369. The van der Waals surface area contributed by atoms with Crippen LogP contribution in [-0.2, 0) is 0 Å². The molecule has 3 aliphatic rings. The summed E-state index contributed by atoms with van der Waals surface area (Å²) in [5, 5.41) is 9.19. The molecule has 0 spiro atoms. The van der Waals surface area contributed by atoms with Crippen molar-refractivity contribution in [1.82, 2.24) is 0 Å². The van der Waals surface area contributed by atoms with E-state index in [0.29, 0.717) is 11.3 Å². The van der Waals surface area contributed by atoms with E-state index in [-0.39, 0.29) is 0 Å². The Bertz CT molecular complexity index is 385. The smallest absolute Gasteiger partial charge is 0.0655 e. The van der Waals surface area contributed by atoms with Crippen LogP contribution in [0.4, 0.5) is 0 Å². The molecule has 1 nitrogen and oxygen atoms in total. The molecular formula is C21H35N. The molecule has 0 heterocycles. The molecule has 22 heavy (non-hydrogen) atoms. The summed E-state index contributed by atoms with van der Waals surface area (Å²) in [4.78, 5) is 0. The van der Waals surface area contributed by atoms with E-state index in [9.17, 15) is 5.26 Å². The summed E-state index contributed by atoms with van der Waals surface area (Å²) >= 11 is 0. The van der Waals surface area contributed by atoms with E-state index >= 15 is 0 Å². The summed E-state index contributed by atoms with van der Waals surface area (Å²) < 4.78 is 0. The molecule has 0 N–H and O–H groups in total. The molecule has 0 amide bonds. The third-order valence-electron chi connectivity index (χ3n) is 7.58. The third kappa shape index (κ3) is 3.08. The van der Waals surface area contributed by atoms with Crippen LogP contribution in [0, 0.1) is 40.4 Å². The highest BCUT2D eigenvalue weighted by Gasteiger charge is 2.50. The Balaban J connectivity index is 1.76. The molecule has 0 bridgehead atoms. The van der Waals surface area contributed by atoms with Crippen molar-refractivity contribution >= 4 is 0 Å². The Morgan fingerprint density at radius 3 is 2.45 bits per heavy atom. The van der Waals surface area contributed by atoms with Crippen molar-refractivity contribution in [2.45, 2.75) is 96.8 Å². The fourth-order valence-electron chi connectivity index (χ4n) is 6.50. The van der Waals surface area contributed by atoms with Crippen molar-refractivity contribution < 1.29 is 0 Å². The Labute approximate surface area is 137 Å². The lowest BCUT2D eigenvalue weighted by molar-refractivity contribution is -0.0605. The Morgan fingerprint density at radius 1 is 0.955 bits per heavy atom. The van der Waals surface area contributed by atoms with Gasteiger partial charge in [-0.1, -0.05) is 39.0 Å². The van der Waals surface area contributed by atoms with Crippen LogP contribution < -0.4 is 0 Å². The highest BCUT2D eigenvalue weighted by atomic mass is 14.5. The molecule has 0 aromatic heterocycles. The monoisotopic (exact) mass is 301 g/mol. The zero-order chi connectivity index (χ0) is 15.4. The number of fused-ring (bicyclic) bond motifs is 1. The van der Waals surface area contributed by atoms with Crippen LogP contribution in [-0.4, -0.2) is 0 Å². The highest BCUT2D eigenvalue weighted by molar-refractivity contribution is 5.01. The van der Waals surface area contributed by atoms with E-state index in [4.69, 9.17) is 0 Å². The number of nitriles is 1. The van der Waals surface area contributed by atoms with Crippen LogP contribution in [0.1, 0.15) is 96.8 Å². The minimum absolute atomic E-state index is 0.369. The largest absolute Gasteiger partial charge is 0.198 e. The van der Waals surface area contributed by atoms with Gasteiger partial charge in [0.2, 0.25) is 0 Å². The molecule has 0 aromatic carbocycles. The van der Waals surface area contributed by atoms with Gasteiger partial charge >= 0.3 is 0 Å². The lowest BCUT2D eigenvalue weighted by Crippen LogP contribution is -2.47. The molecule has 0 radical (unpaired) electrons. The van der Waals surface area contributed by atoms with Gasteiger partial charge in [-0.25, -0.2) is 0 Å². The molecule has 3 aliphatic carbocycles. The zero-order valence-electron chi connectivity index (χ0n) is 14.7. The van der Waals surface area contributed by atoms with E-state index < -0.39 is 0 Å². The maximum absolute atomic E-state index is 9.19. The van der Waals surface area contributed by atoms with Crippen LogP contribution in [0.15, 0.2) is 0 Å². The van der Waals surface area contributed by atoms with Gasteiger partial charge in [0.05, 0.1) is 6.07 Å². The predicted octanol–water partition coefficient (Wildman–Crippen LogP) is 6.48. The first kappa shape index (κ1) is 16.4. The first-order valence-corrected chi connectivity index (χ1v) is 10.2. The SMILES string of the molecule is CCCC[C@]12CCCC[C@@H]1CCCC2C1CCC(C#N)CC1. The van der Waals surface area contributed by atoms with Gasteiger partial charge < -0.3 is 0 Å². The number of hydrogen-bond acceptors (Lipinski definition) is 1. The second-order valence-electron chi connectivity index (χ2n) is 8.56. The van der Waals surface area contributed by atoms with E-state index in [1.165, 1.54) is 89.9 Å². The van der Waals surface area contributed by atoms with Crippen LogP contribution in [0.5, 0.6) is 0 Å². The summed E-state index contributed by atoms with van der Waals surface area (Å²) in [5.74, 6) is 3.36. The quantitative estimate of drug-likeness (QED) is 0.582. The third-order valence-corrected chi connectivity index (χ3v) is 7.58. The van der Waals surface area contributed by atoms with Crippen molar-refractivity contribution in [3.63, 3.8) is 0 Å². The molecule has 124 valence electrons. The molecule has 0 aromatic rings. The zero-order valence-corrected chi connectivity index (χ0v) is 14.7. The van der Waals surface area contributed by atoms with Crippen molar-refractivity contribution in [3.8, 4) is 6.07 Å². The van der Waals surface area contributed by atoms with Crippen molar-refractivity contribution in [2.75, 3.05) is 0 Å². The molecular weight excluding hydrogens is 266 g/mol. The second kappa shape index (κ2) is 7.37. The lowest BCUT2D eigenvalue weighted by Gasteiger charge is -2.56. The number of unbranched alkanes of at least 4 members (excludes halogenated alkanes) is 1. The number of rotatable bonds is 4. The maximum atomic E-state index is 9.19. The standard InChI is InChI=1S/C21H35N/c1-2-3-14-21-15-5-4-7-19(21)8-6-9-20(21)18-12-10-17(16-22)11-13-18/h17-20H,2-15H2,1H3/t17?,18?,19-,20?,21+/m1/s1. The van der Waals surface area contributed by atoms with Crippen molar-refractivity contribution in [3.05, 3.63) is 0 Å². The first-order valence-electron chi connectivity index (χ1n) is 10.2. The second-order valence-corrected chi connectivity index (χ2v) is 8.56. The summed E-state index contributed by atoms with van der Waals surface area (Å²) in [5.41, 5.74) is 0.705. The molecule has 0 saturated heterocycles. The van der Waals surface area contributed by atoms with Gasteiger partial charge in [-0.15, -0.1) is 0 Å². The van der Waals surface area contributed by atoms with Crippen LogP contribution >= 0.6 is 0 Å². The highest BCUT2D eigenvalue weighted by Crippen LogP contribution is 2.60. The molecule has 3 atom stereocenters. The summed E-state index contributed by atoms with van der Waals surface area (Å²) in [6.45, 7) is 2.37. The molecule has 3 rings (SSSR count). The van der Waals surface area contributed by atoms with Crippen LogP contribution in [0.2, 0.25) is 0 Å². The summed E-state index contributed by atoms with van der Waals surface area (Å²) in [6.07, 6.45) is 19.9. The fraction of sp³-hybridized carbons (Fsp3) is 0.952. The molecule has 3 saturated carbocycles. The summed E-state index contributed by atoms with van der Waals surface area (Å²) in [7, 11) is 0. The normalized spacial score (nSPS) is 42.4. The van der Waals surface area contributed by atoms with E-state index in [1.807, 2.05) is 0 Å². The Morgan fingerprint density at radius 2 is 1.73 bits per heavy atom. The lowest BCUT2D eigenvalue weighted by atomic mass is 9.49. The van der Waals surface area contributed by atoms with E-state index in [1.54, 1.807) is 0 Å². The predicted molar refractivity (Wildman–Crippen MR) is 92.3 cm³/mol. The van der Waals surface area contributed by atoms with Crippen molar-refractivity contribution in [1.29, 1.82) is 5.26 Å². The van der Waals surface area contributed by atoms with Gasteiger partial charge in [0.1, 0.15) is 0 Å². The van der Waals surface area contributed by atoms with Gasteiger partial charge in [-0.05, 0) is 81.0 Å². The average Bonchev–Trinajstić information content (AvgIpc) is 2.59. The minimum Gasteiger partial charge on any atom is -0.198 e. The average molecular weight is 302 g/mol. The molecule has 3 fully saturated rings. The molecule has 0 aliphatic heterocycles. The van der Waals surface area contributed by atoms with E-state index in [2.05, 4.69) is 13.0 Å². The van der Waals surface area contributed by atoms with Crippen LogP contribution in [0.25, 0.3) is 0 Å². The van der Waals surface area contributed by atoms with Gasteiger partial charge in [-0.3, -0.25) is 0 Å². The molecule has 1 unspecified atom stereocenters. The van der Waals surface area contributed by atoms with E-state index in [0.717, 1.165) is 17.8 Å². The van der Waals surface area contributed by atoms with Crippen LogP contribution in [0.3, 0.4) is 0 Å². The summed E-state index contributed by atoms with van der Waals surface area (Å²) in [6, 6.07) is 2.53. The van der Waals surface area contributed by atoms with Gasteiger partial charge in [-0.2, -0.15) is 5.26 Å². The van der Waals surface area contributed by atoms with Crippen molar-refractivity contribution in [2.24, 2.45) is 29.1 Å². The Kier molecular flexibility index (Phi) is 5.48. The molecule has 1 heteroatoms. The van der Waals surface area contributed by atoms with Gasteiger partial charge in [0, 0.05) is 5.92 Å². The number of hydrogen-bond donors (Lipinski definition) is 0.